The van der Waals surface area contributed by atoms with Crippen molar-refractivity contribution in [3.8, 4) is 0 Å². The Hall–Kier alpha value is -1.14. The van der Waals surface area contributed by atoms with Gasteiger partial charge in [0.2, 0.25) is 0 Å². The Balaban J connectivity index is 2.29. The van der Waals surface area contributed by atoms with Crippen LogP contribution in [0.1, 0.15) is 17.2 Å². The van der Waals surface area contributed by atoms with Crippen LogP contribution in [0, 0.1) is 3.57 Å². The quantitative estimate of drug-likeness (QED) is 0.863. The molecule has 4 heteroatoms. The van der Waals surface area contributed by atoms with Gasteiger partial charge in [-0.3, -0.25) is 0 Å². The lowest BCUT2D eigenvalue weighted by molar-refractivity contribution is 0.855. The number of aromatic nitrogens is 1. The highest BCUT2D eigenvalue weighted by molar-refractivity contribution is 14.1. The summed E-state index contributed by atoms with van der Waals surface area (Å²) in [6.45, 7) is 0. The summed E-state index contributed by atoms with van der Waals surface area (Å²) in [5, 5.41) is 0. The topological polar surface area (TPSA) is 42.1 Å². The number of anilines is 1. The standard InChI is InChI=1S/C14H16IN3/c1-18(2)13-8-7-10(9-17-13)14(16)11-5-3-4-6-12(11)15/h3-9,14H,16H2,1-2H3. The molecule has 1 aromatic carbocycles. The van der Waals surface area contributed by atoms with Gasteiger partial charge < -0.3 is 10.6 Å². The summed E-state index contributed by atoms with van der Waals surface area (Å²) in [5.41, 5.74) is 8.45. The Morgan fingerprint density at radius 2 is 1.89 bits per heavy atom. The highest BCUT2D eigenvalue weighted by Gasteiger charge is 2.12. The summed E-state index contributed by atoms with van der Waals surface area (Å²) < 4.78 is 1.18. The van der Waals surface area contributed by atoms with Crippen LogP contribution < -0.4 is 10.6 Å². The zero-order valence-electron chi connectivity index (χ0n) is 10.5. The monoisotopic (exact) mass is 353 g/mol. The van der Waals surface area contributed by atoms with Crippen LogP contribution >= 0.6 is 22.6 Å². The van der Waals surface area contributed by atoms with Crippen LogP contribution in [-0.2, 0) is 0 Å². The average Bonchev–Trinajstić information content (AvgIpc) is 2.38. The lowest BCUT2D eigenvalue weighted by Gasteiger charge is -2.16. The van der Waals surface area contributed by atoms with Crippen molar-refractivity contribution in [1.29, 1.82) is 0 Å². The number of nitrogens with zero attached hydrogens (tertiary/aromatic N) is 2. The zero-order valence-corrected chi connectivity index (χ0v) is 12.6. The summed E-state index contributed by atoms with van der Waals surface area (Å²) in [7, 11) is 3.95. The molecule has 0 fully saturated rings. The molecular weight excluding hydrogens is 337 g/mol. The molecular formula is C14H16IN3. The first-order valence-electron chi connectivity index (χ1n) is 5.73. The lowest BCUT2D eigenvalue weighted by Crippen LogP contribution is -2.15. The molecule has 0 bridgehead atoms. The van der Waals surface area contributed by atoms with Crippen LogP contribution in [0.25, 0.3) is 0 Å². The molecule has 0 amide bonds. The smallest absolute Gasteiger partial charge is 0.127 e. The molecule has 1 aromatic heterocycles. The number of nitrogens with two attached hydrogens (primary N) is 1. The molecule has 1 heterocycles. The van der Waals surface area contributed by atoms with Gasteiger partial charge in [-0.15, -0.1) is 0 Å². The maximum atomic E-state index is 6.28. The first kappa shape index (κ1) is 13.3. The Morgan fingerprint density at radius 1 is 1.17 bits per heavy atom. The molecule has 0 radical (unpaired) electrons. The molecule has 0 aliphatic heterocycles. The van der Waals surface area contributed by atoms with E-state index in [0.29, 0.717) is 0 Å². The fourth-order valence-corrected chi connectivity index (χ4v) is 2.48. The molecule has 2 rings (SSSR count). The van der Waals surface area contributed by atoms with Crippen LogP contribution in [0.2, 0.25) is 0 Å². The van der Waals surface area contributed by atoms with E-state index in [2.05, 4.69) is 39.7 Å². The Labute approximate surface area is 121 Å². The predicted octanol–water partition coefficient (Wildman–Crippen LogP) is 2.80. The third kappa shape index (κ3) is 2.81. The van der Waals surface area contributed by atoms with Crippen LogP contribution in [0.4, 0.5) is 5.82 Å². The van der Waals surface area contributed by atoms with Crippen molar-refractivity contribution in [1.82, 2.24) is 4.98 Å². The normalized spacial score (nSPS) is 12.2. The van der Waals surface area contributed by atoms with E-state index in [-0.39, 0.29) is 6.04 Å². The number of pyridine rings is 1. The molecule has 0 saturated heterocycles. The van der Waals surface area contributed by atoms with Crippen LogP contribution in [-0.4, -0.2) is 19.1 Å². The molecule has 1 atom stereocenters. The third-order valence-electron chi connectivity index (χ3n) is 2.83. The fraction of sp³-hybridized carbons (Fsp3) is 0.214. The molecule has 0 spiro atoms. The molecule has 18 heavy (non-hydrogen) atoms. The second-order valence-electron chi connectivity index (χ2n) is 4.34. The van der Waals surface area contributed by atoms with E-state index >= 15 is 0 Å². The molecule has 3 nitrogen and oxygen atoms in total. The van der Waals surface area contributed by atoms with E-state index in [1.807, 2.05) is 49.5 Å². The number of hydrogen-bond donors (Lipinski definition) is 1. The number of halogens is 1. The van der Waals surface area contributed by atoms with Gasteiger partial charge in [0.1, 0.15) is 5.82 Å². The van der Waals surface area contributed by atoms with Crippen LogP contribution in [0.3, 0.4) is 0 Å². The lowest BCUT2D eigenvalue weighted by atomic mass is 10.0. The molecule has 0 aliphatic carbocycles. The summed E-state index contributed by atoms with van der Waals surface area (Å²) in [6, 6.07) is 12.1. The van der Waals surface area contributed by atoms with Gasteiger partial charge in [-0.2, -0.15) is 0 Å². The van der Waals surface area contributed by atoms with Crippen molar-refractivity contribution >= 4 is 28.4 Å². The van der Waals surface area contributed by atoms with Crippen molar-refractivity contribution in [2.24, 2.45) is 5.73 Å². The molecule has 2 aromatic rings. The van der Waals surface area contributed by atoms with E-state index in [9.17, 15) is 0 Å². The van der Waals surface area contributed by atoms with Gasteiger partial charge >= 0.3 is 0 Å². The van der Waals surface area contributed by atoms with E-state index in [1.165, 1.54) is 3.57 Å². The van der Waals surface area contributed by atoms with Gasteiger partial charge in [0.05, 0.1) is 6.04 Å². The molecule has 0 saturated carbocycles. The van der Waals surface area contributed by atoms with E-state index < -0.39 is 0 Å². The van der Waals surface area contributed by atoms with Crippen molar-refractivity contribution in [2.45, 2.75) is 6.04 Å². The molecule has 0 aliphatic rings. The van der Waals surface area contributed by atoms with E-state index in [0.717, 1.165) is 16.9 Å². The van der Waals surface area contributed by atoms with Crippen molar-refractivity contribution in [3.63, 3.8) is 0 Å². The summed E-state index contributed by atoms with van der Waals surface area (Å²) in [5.74, 6) is 0.939. The molecule has 94 valence electrons. The number of hydrogen-bond acceptors (Lipinski definition) is 3. The minimum Gasteiger partial charge on any atom is -0.363 e. The fourth-order valence-electron chi connectivity index (χ4n) is 1.75. The third-order valence-corrected chi connectivity index (χ3v) is 3.81. The SMILES string of the molecule is CN(C)c1ccc(C(N)c2ccccc2I)cn1. The highest BCUT2D eigenvalue weighted by Crippen LogP contribution is 2.24. The predicted molar refractivity (Wildman–Crippen MR) is 83.8 cm³/mol. The average molecular weight is 353 g/mol. The second kappa shape index (κ2) is 5.67. The van der Waals surface area contributed by atoms with Gasteiger partial charge in [-0.25, -0.2) is 4.98 Å². The first-order chi connectivity index (χ1) is 8.59. The maximum absolute atomic E-state index is 6.28. The Kier molecular flexibility index (Phi) is 4.19. The Morgan fingerprint density at radius 3 is 2.44 bits per heavy atom. The van der Waals surface area contributed by atoms with Crippen LogP contribution in [0.15, 0.2) is 42.6 Å². The maximum Gasteiger partial charge on any atom is 0.127 e. The minimum atomic E-state index is -0.123. The van der Waals surface area contributed by atoms with Gasteiger partial charge in [-0.05, 0) is 45.9 Å². The largest absolute Gasteiger partial charge is 0.363 e. The van der Waals surface area contributed by atoms with E-state index in [4.69, 9.17) is 5.73 Å². The van der Waals surface area contributed by atoms with Crippen molar-refractivity contribution in [2.75, 3.05) is 19.0 Å². The van der Waals surface area contributed by atoms with Crippen LogP contribution in [0.5, 0.6) is 0 Å². The Bertz CT molecular complexity index is 523. The van der Waals surface area contributed by atoms with Crippen molar-refractivity contribution in [3.05, 3.63) is 57.3 Å². The first-order valence-corrected chi connectivity index (χ1v) is 6.80. The van der Waals surface area contributed by atoms with Crippen molar-refractivity contribution < 1.29 is 0 Å². The number of benzene rings is 1. The molecule has 1 unspecified atom stereocenters. The number of rotatable bonds is 3. The summed E-state index contributed by atoms with van der Waals surface area (Å²) in [6.07, 6.45) is 1.85. The van der Waals surface area contributed by atoms with E-state index in [1.54, 1.807) is 0 Å². The summed E-state index contributed by atoms with van der Waals surface area (Å²) >= 11 is 2.31. The van der Waals surface area contributed by atoms with Gasteiger partial charge in [-0.1, -0.05) is 24.3 Å². The zero-order chi connectivity index (χ0) is 13.1. The van der Waals surface area contributed by atoms with Gasteiger partial charge in [0.15, 0.2) is 0 Å². The second-order valence-corrected chi connectivity index (χ2v) is 5.51. The highest BCUT2D eigenvalue weighted by atomic mass is 127. The van der Waals surface area contributed by atoms with Gasteiger partial charge in [0.25, 0.3) is 0 Å². The van der Waals surface area contributed by atoms with Gasteiger partial charge in [0, 0.05) is 23.9 Å². The molecule has 2 N–H and O–H groups in total. The minimum absolute atomic E-state index is 0.123. The summed E-state index contributed by atoms with van der Waals surface area (Å²) in [4.78, 5) is 6.37.